The number of ether oxygens (including phenoxy) is 1. The van der Waals surface area contributed by atoms with Crippen LogP contribution in [0.5, 0.6) is 0 Å². The maximum absolute atomic E-state index is 12.5. The number of fused-ring (bicyclic) bond motifs is 1. The van der Waals surface area contributed by atoms with Crippen LogP contribution in [0.2, 0.25) is 5.02 Å². The monoisotopic (exact) mass is 487 g/mol. The molecule has 11 heteroatoms. The number of hydrogen-bond donors (Lipinski definition) is 3. The lowest BCUT2D eigenvalue weighted by Crippen LogP contribution is -2.51. The van der Waals surface area contributed by atoms with Crippen molar-refractivity contribution in [2.45, 2.75) is 41.7 Å². The van der Waals surface area contributed by atoms with Gasteiger partial charge >= 0.3 is 0 Å². The highest BCUT2D eigenvalue weighted by atomic mass is 35.5. The average Bonchev–Trinajstić information content (AvgIpc) is 3.39. The van der Waals surface area contributed by atoms with Gasteiger partial charge in [-0.2, -0.15) is 0 Å². The Morgan fingerprint density at radius 2 is 2.06 bits per heavy atom. The van der Waals surface area contributed by atoms with Crippen molar-refractivity contribution >= 4 is 46.6 Å². The molecule has 0 saturated carbocycles. The molecule has 2 fully saturated rings. The van der Waals surface area contributed by atoms with Gasteiger partial charge in [0, 0.05) is 48.0 Å². The van der Waals surface area contributed by atoms with Gasteiger partial charge in [-0.25, -0.2) is 9.97 Å². The lowest BCUT2D eigenvalue weighted by atomic mass is 9.73. The summed E-state index contributed by atoms with van der Waals surface area (Å²) in [4.78, 5) is 24.6. The third-order valence-electron chi connectivity index (χ3n) is 6.90. The van der Waals surface area contributed by atoms with Crippen molar-refractivity contribution in [1.29, 1.82) is 0 Å². The Morgan fingerprint density at radius 1 is 1.30 bits per heavy atom. The van der Waals surface area contributed by atoms with Crippen LogP contribution < -0.4 is 22.1 Å². The quantitative estimate of drug-likeness (QED) is 0.510. The second-order valence-corrected chi connectivity index (χ2v) is 10.2. The van der Waals surface area contributed by atoms with E-state index in [1.165, 1.54) is 11.8 Å². The van der Waals surface area contributed by atoms with E-state index in [2.05, 4.69) is 14.9 Å². The number of hydrogen-bond acceptors (Lipinski definition) is 8. The Labute approximate surface area is 200 Å². The predicted molar refractivity (Wildman–Crippen MR) is 129 cm³/mol. The minimum atomic E-state index is -0.532. The van der Waals surface area contributed by atoms with Gasteiger partial charge in [0.15, 0.2) is 5.65 Å². The molecule has 2 aliphatic rings. The summed E-state index contributed by atoms with van der Waals surface area (Å²) in [6.45, 7) is 4.34. The molecule has 33 heavy (non-hydrogen) atoms. The summed E-state index contributed by atoms with van der Waals surface area (Å²) in [6.07, 6.45) is 7.09. The van der Waals surface area contributed by atoms with Crippen LogP contribution >= 0.6 is 23.4 Å². The SMILES string of the molecule is CC1OCC2(CCN(c3cc(C(N)=O)c(Sc4ccnc(N)c4Cl)c4nccn34)CC2)[C@@H]1N. The number of carbonyl (C=O) groups excluding carboxylic acids is 1. The van der Waals surface area contributed by atoms with Crippen molar-refractivity contribution in [1.82, 2.24) is 14.4 Å². The molecule has 1 spiro atoms. The first-order valence-corrected chi connectivity index (χ1v) is 12.0. The molecule has 9 nitrogen and oxygen atoms in total. The van der Waals surface area contributed by atoms with E-state index in [0.29, 0.717) is 32.6 Å². The third kappa shape index (κ3) is 3.71. The maximum atomic E-state index is 12.5. The van der Waals surface area contributed by atoms with Gasteiger partial charge in [-0.3, -0.25) is 9.20 Å². The molecule has 3 aromatic rings. The molecule has 0 radical (unpaired) electrons. The molecular formula is C22H26ClN7O2S. The van der Waals surface area contributed by atoms with Crippen LogP contribution in [-0.2, 0) is 4.74 Å². The molecule has 6 N–H and O–H groups in total. The zero-order chi connectivity index (χ0) is 23.3. The highest BCUT2D eigenvalue weighted by molar-refractivity contribution is 7.99. The molecular weight excluding hydrogens is 462 g/mol. The molecule has 174 valence electrons. The molecule has 1 unspecified atom stereocenters. The fraction of sp³-hybridized carbons (Fsp3) is 0.409. The molecule has 0 aliphatic carbocycles. The number of aromatic nitrogens is 3. The summed E-state index contributed by atoms with van der Waals surface area (Å²) in [6, 6.07) is 3.62. The Balaban J connectivity index is 1.52. The summed E-state index contributed by atoms with van der Waals surface area (Å²) >= 11 is 7.65. The minimum absolute atomic E-state index is 0.00427. The Kier molecular flexibility index (Phi) is 5.64. The molecule has 5 heterocycles. The lowest BCUT2D eigenvalue weighted by Gasteiger charge is -2.42. The van der Waals surface area contributed by atoms with Crippen molar-refractivity contribution in [2.75, 3.05) is 30.3 Å². The van der Waals surface area contributed by atoms with Crippen molar-refractivity contribution in [3.63, 3.8) is 0 Å². The number of imidazole rings is 1. The number of amides is 1. The number of carbonyl (C=O) groups is 1. The van der Waals surface area contributed by atoms with Crippen LogP contribution in [0.15, 0.2) is 40.5 Å². The van der Waals surface area contributed by atoms with Gasteiger partial charge in [0.25, 0.3) is 0 Å². The molecule has 3 aromatic heterocycles. The summed E-state index contributed by atoms with van der Waals surface area (Å²) in [5.41, 5.74) is 19.2. The zero-order valence-corrected chi connectivity index (χ0v) is 19.8. The molecule has 2 atom stereocenters. The van der Waals surface area contributed by atoms with Gasteiger partial charge in [0.2, 0.25) is 5.91 Å². The van der Waals surface area contributed by atoms with Crippen molar-refractivity contribution in [2.24, 2.45) is 16.9 Å². The Hall–Kier alpha value is -2.53. The van der Waals surface area contributed by atoms with Crippen LogP contribution in [0, 0.1) is 5.41 Å². The predicted octanol–water partition coefficient (Wildman–Crippen LogP) is 2.55. The summed E-state index contributed by atoms with van der Waals surface area (Å²) in [5.74, 6) is 0.566. The fourth-order valence-electron chi connectivity index (χ4n) is 4.85. The number of nitrogens with zero attached hydrogens (tertiary/aromatic N) is 4. The van der Waals surface area contributed by atoms with Crippen LogP contribution in [-0.4, -0.2) is 52.1 Å². The zero-order valence-electron chi connectivity index (χ0n) is 18.2. The lowest BCUT2D eigenvalue weighted by molar-refractivity contribution is 0.0974. The van der Waals surface area contributed by atoms with Gasteiger partial charge in [-0.05, 0) is 31.9 Å². The number of nitrogen functional groups attached to an aromatic ring is 1. The van der Waals surface area contributed by atoms with E-state index in [-0.39, 0.29) is 23.4 Å². The van der Waals surface area contributed by atoms with Crippen LogP contribution in [0.3, 0.4) is 0 Å². The standard InChI is InChI=1S/C22H26ClN7O2S/c1-12-18(24)22(11-32-12)3-7-29(8-4-22)15-10-13(20(26)31)17(21-28-6-9-30(15)21)33-14-2-5-27-19(25)16(14)23/h2,5-6,9-10,12,18H,3-4,7-8,11,24H2,1H3,(H2,25,27)(H2,26,31)/t12?,18-/m1/s1. The molecule has 0 aromatic carbocycles. The smallest absolute Gasteiger partial charge is 0.250 e. The minimum Gasteiger partial charge on any atom is -0.382 e. The van der Waals surface area contributed by atoms with Gasteiger partial charge in [0.05, 0.1) is 28.2 Å². The first kappa shape index (κ1) is 22.3. The van der Waals surface area contributed by atoms with Gasteiger partial charge in [-0.1, -0.05) is 23.4 Å². The summed E-state index contributed by atoms with van der Waals surface area (Å²) < 4.78 is 7.84. The molecule has 5 rings (SSSR count). The number of anilines is 2. The molecule has 2 saturated heterocycles. The summed E-state index contributed by atoms with van der Waals surface area (Å²) in [5, 5.41) is 0.331. The van der Waals surface area contributed by atoms with Crippen molar-refractivity contribution in [3.8, 4) is 0 Å². The highest BCUT2D eigenvalue weighted by Gasteiger charge is 2.47. The number of nitrogens with two attached hydrogens (primary N) is 3. The Morgan fingerprint density at radius 3 is 2.73 bits per heavy atom. The van der Waals surface area contributed by atoms with Crippen molar-refractivity contribution in [3.05, 3.63) is 41.3 Å². The van der Waals surface area contributed by atoms with E-state index in [9.17, 15) is 4.79 Å². The second-order valence-electron chi connectivity index (χ2n) is 8.73. The topological polar surface area (TPSA) is 138 Å². The van der Waals surface area contributed by atoms with E-state index in [0.717, 1.165) is 31.7 Å². The fourth-order valence-corrected chi connectivity index (χ4v) is 6.13. The van der Waals surface area contributed by atoms with Crippen LogP contribution in [0.4, 0.5) is 11.6 Å². The first-order chi connectivity index (χ1) is 15.8. The van der Waals surface area contributed by atoms with E-state index >= 15 is 0 Å². The number of piperidine rings is 1. The number of halogens is 1. The first-order valence-electron chi connectivity index (χ1n) is 10.8. The normalized spacial score (nSPS) is 22.3. The van der Waals surface area contributed by atoms with Gasteiger partial charge < -0.3 is 26.8 Å². The second kappa shape index (κ2) is 8.35. The van der Waals surface area contributed by atoms with Gasteiger partial charge in [-0.15, -0.1) is 0 Å². The molecule has 2 aliphatic heterocycles. The Bertz CT molecular complexity index is 1220. The van der Waals surface area contributed by atoms with Crippen LogP contribution in [0.1, 0.15) is 30.1 Å². The van der Waals surface area contributed by atoms with Crippen molar-refractivity contribution < 1.29 is 9.53 Å². The van der Waals surface area contributed by atoms with E-state index in [1.54, 1.807) is 18.5 Å². The largest absolute Gasteiger partial charge is 0.382 e. The van der Waals surface area contributed by atoms with E-state index in [4.69, 9.17) is 33.5 Å². The summed E-state index contributed by atoms with van der Waals surface area (Å²) in [7, 11) is 0. The maximum Gasteiger partial charge on any atom is 0.250 e. The van der Waals surface area contributed by atoms with Crippen LogP contribution in [0.25, 0.3) is 5.65 Å². The highest BCUT2D eigenvalue weighted by Crippen LogP contribution is 2.44. The molecule has 1 amide bonds. The third-order valence-corrected chi connectivity index (χ3v) is 8.57. The average molecular weight is 488 g/mol. The van der Waals surface area contributed by atoms with Gasteiger partial charge in [0.1, 0.15) is 11.6 Å². The number of rotatable bonds is 4. The van der Waals surface area contributed by atoms with E-state index in [1.807, 2.05) is 23.6 Å². The molecule has 0 bridgehead atoms. The number of primary amides is 1. The number of pyridine rings is 2. The van der Waals surface area contributed by atoms with E-state index < -0.39 is 5.91 Å².